The molecule has 1 N–H and O–H groups in total. The van der Waals surface area contributed by atoms with Crippen molar-refractivity contribution in [2.24, 2.45) is 0 Å². The third-order valence-corrected chi connectivity index (χ3v) is 4.27. The van der Waals surface area contributed by atoms with Crippen molar-refractivity contribution in [1.29, 1.82) is 0 Å². The van der Waals surface area contributed by atoms with Crippen molar-refractivity contribution in [3.05, 3.63) is 90.1 Å². The minimum atomic E-state index is -0.305. The van der Waals surface area contributed by atoms with Crippen LogP contribution in [0.2, 0.25) is 0 Å². The summed E-state index contributed by atoms with van der Waals surface area (Å²) in [7, 11) is 0. The normalized spacial score (nSPS) is 10.6. The second kappa shape index (κ2) is 7.79. The van der Waals surface area contributed by atoms with Gasteiger partial charge in [-0.3, -0.25) is 14.8 Å². The minimum Gasteiger partial charge on any atom is -0.346 e. The van der Waals surface area contributed by atoms with Gasteiger partial charge in [0.15, 0.2) is 5.69 Å². The first-order valence-electron chi connectivity index (χ1n) is 8.82. The molecule has 0 aliphatic heterocycles. The largest absolute Gasteiger partial charge is 0.346 e. The number of rotatable bonds is 5. The standard InChI is InChI=1S/C21H18N6O/c1-15-6-8-18(9-7-15)27-20(17-5-3-11-23-14-17)19(25-26-27)21(28)24-13-16-4-2-10-22-12-16/h2-12,14H,13H2,1H3,(H,24,28). The number of pyridine rings is 2. The summed E-state index contributed by atoms with van der Waals surface area (Å²) in [5.74, 6) is -0.305. The molecule has 4 aromatic rings. The van der Waals surface area contributed by atoms with Crippen LogP contribution in [0.4, 0.5) is 0 Å². The van der Waals surface area contributed by atoms with Crippen LogP contribution in [-0.4, -0.2) is 30.9 Å². The molecular weight excluding hydrogens is 352 g/mol. The van der Waals surface area contributed by atoms with Crippen molar-refractivity contribution < 1.29 is 4.79 Å². The van der Waals surface area contributed by atoms with Gasteiger partial charge >= 0.3 is 0 Å². The van der Waals surface area contributed by atoms with E-state index in [-0.39, 0.29) is 11.6 Å². The highest BCUT2D eigenvalue weighted by atomic mass is 16.2. The lowest BCUT2D eigenvalue weighted by Gasteiger charge is -2.09. The van der Waals surface area contributed by atoms with Crippen LogP contribution in [0.25, 0.3) is 16.9 Å². The van der Waals surface area contributed by atoms with Gasteiger partial charge in [0.2, 0.25) is 0 Å². The van der Waals surface area contributed by atoms with E-state index in [0.29, 0.717) is 12.2 Å². The predicted octanol–water partition coefficient (Wildman–Crippen LogP) is 2.96. The predicted molar refractivity (Wildman–Crippen MR) is 105 cm³/mol. The summed E-state index contributed by atoms with van der Waals surface area (Å²) in [4.78, 5) is 21.1. The highest BCUT2D eigenvalue weighted by Gasteiger charge is 2.22. The third kappa shape index (κ3) is 3.64. The Morgan fingerprint density at radius 1 is 1.00 bits per heavy atom. The van der Waals surface area contributed by atoms with Crippen molar-refractivity contribution in [3.63, 3.8) is 0 Å². The summed E-state index contributed by atoms with van der Waals surface area (Å²) in [6.07, 6.45) is 6.79. The maximum Gasteiger partial charge on any atom is 0.274 e. The van der Waals surface area contributed by atoms with Gasteiger partial charge in [0.1, 0.15) is 5.69 Å². The minimum absolute atomic E-state index is 0.248. The van der Waals surface area contributed by atoms with E-state index in [1.807, 2.05) is 55.5 Å². The number of carbonyl (C=O) groups is 1. The number of nitrogens with zero attached hydrogens (tertiary/aromatic N) is 5. The Hall–Kier alpha value is -3.87. The SMILES string of the molecule is Cc1ccc(-n2nnc(C(=O)NCc3cccnc3)c2-c2cccnc2)cc1. The molecule has 0 aliphatic rings. The van der Waals surface area contributed by atoms with E-state index in [9.17, 15) is 4.79 Å². The van der Waals surface area contributed by atoms with Gasteiger partial charge in [-0.15, -0.1) is 5.10 Å². The second-order valence-corrected chi connectivity index (χ2v) is 6.32. The molecule has 0 bridgehead atoms. The maximum absolute atomic E-state index is 12.8. The van der Waals surface area contributed by atoms with Crippen LogP contribution < -0.4 is 5.32 Å². The number of benzene rings is 1. The summed E-state index contributed by atoms with van der Waals surface area (Å²) in [6, 6.07) is 15.3. The molecule has 1 aromatic carbocycles. The molecule has 0 saturated heterocycles. The first-order chi connectivity index (χ1) is 13.7. The van der Waals surface area contributed by atoms with E-state index in [0.717, 1.165) is 22.4 Å². The molecule has 0 aliphatic carbocycles. The van der Waals surface area contributed by atoms with Crippen molar-refractivity contribution in [2.75, 3.05) is 0 Å². The highest BCUT2D eigenvalue weighted by molar-refractivity contribution is 5.98. The van der Waals surface area contributed by atoms with E-state index in [2.05, 4.69) is 25.6 Å². The Morgan fingerprint density at radius 2 is 1.75 bits per heavy atom. The molecule has 0 fully saturated rings. The fourth-order valence-electron chi connectivity index (χ4n) is 2.83. The van der Waals surface area contributed by atoms with Crippen LogP contribution in [0.5, 0.6) is 0 Å². The van der Waals surface area contributed by atoms with E-state index in [1.165, 1.54) is 0 Å². The monoisotopic (exact) mass is 370 g/mol. The fraction of sp³-hybridized carbons (Fsp3) is 0.0952. The summed E-state index contributed by atoms with van der Waals surface area (Å²) in [5.41, 5.74) is 4.48. The zero-order chi connectivity index (χ0) is 19.3. The molecule has 0 atom stereocenters. The summed E-state index contributed by atoms with van der Waals surface area (Å²) >= 11 is 0. The first kappa shape index (κ1) is 17.5. The van der Waals surface area contributed by atoms with E-state index < -0.39 is 0 Å². The van der Waals surface area contributed by atoms with Crippen LogP contribution in [0.15, 0.2) is 73.3 Å². The van der Waals surface area contributed by atoms with Gasteiger partial charge in [-0.2, -0.15) is 0 Å². The number of amides is 1. The topological polar surface area (TPSA) is 85.6 Å². The van der Waals surface area contributed by atoms with E-state index in [1.54, 1.807) is 29.5 Å². The molecule has 0 radical (unpaired) electrons. The van der Waals surface area contributed by atoms with Crippen LogP contribution in [0.1, 0.15) is 21.6 Å². The highest BCUT2D eigenvalue weighted by Crippen LogP contribution is 2.24. The molecule has 7 nitrogen and oxygen atoms in total. The Labute approximate surface area is 162 Å². The van der Waals surface area contributed by atoms with Gasteiger partial charge in [0.25, 0.3) is 5.91 Å². The molecule has 4 rings (SSSR count). The number of aryl methyl sites for hydroxylation is 1. The molecule has 0 unspecified atom stereocenters. The lowest BCUT2D eigenvalue weighted by Crippen LogP contribution is -2.24. The fourth-order valence-corrected chi connectivity index (χ4v) is 2.83. The van der Waals surface area contributed by atoms with E-state index >= 15 is 0 Å². The van der Waals surface area contributed by atoms with Gasteiger partial charge in [-0.05, 0) is 42.8 Å². The number of hydrogen-bond donors (Lipinski definition) is 1. The van der Waals surface area contributed by atoms with Crippen LogP contribution in [-0.2, 0) is 6.54 Å². The molecular formula is C21H18N6O. The number of aromatic nitrogens is 5. The van der Waals surface area contributed by atoms with Crippen LogP contribution >= 0.6 is 0 Å². The Bertz CT molecular complexity index is 1080. The quantitative estimate of drug-likeness (QED) is 0.584. The van der Waals surface area contributed by atoms with E-state index in [4.69, 9.17) is 0 Å². The number of hydrogen-bond acceptors (Lipinski definition) is 5. The lowest BCUT2D eigenvalue weighted by atomic mass is 10.1. The number of carbonyl (C=O) groups excluding carboxylic acids is 1. The molecule has 0 saturated carbocycles. The average molecular weight is 370 g/mol. The summed E-state index contributed by atoms with van der Waals surface area (Å²) in [6.45, 7) is 2.38. The molecule has 3 aromatic heterocycles. The van der Waals surface area contributed by atoms with Gasteiger partial charge in [0.05, 0.1) is 5.69 Å². The summed E-state index contributed by atoms with van der Waals surface area (Å²) < 4.78 is 1.66. The van der Waals surface area contributed by atoms with Crippen molar-refractivity contribution in [2.45, 2.75) is 13.5 Å². The third-order valence-electron chi connectivity index (χ3n) is 4.27. The van der Waals surface area contributed by atoms with Crippen molar-refractivity contribution in [1.82, 2.24) is 30.3 Å². The van der Waals surface area contributed by atoms with Gasteiger partial charge in [0, 0.05) is 36.9 Å². The molecule has 7 heteroatoms. The van der Waals surface area contributed by atoms with Crippen LogP contribution in [0.3, 0.4) is 0 Å². The molecule has 0 spiro atoms. The van der Waals surface area contributed by atoms with Crippen molar-refractivity contribution in [3.8, 4) is 16.9 Å². The van der Waals surface area contributed by atoms with Gasteiger partial charge in [-0.1, -0.05) is 29.0 Å². The number of nitrogens with one attached hydrogen (secondary N) is 1. The van der Waals surface area contributed by atoms with Crippen molar-refractivity contribution >= 4 is 5.91 Å². The smallest absolute Gasteiger partial charge is 0.274 e. The zero-order valence-electron chi connectivity index (χ0n) is 15.3. The Morgan fingerprint density at radius 3 is 2.43 bits per heavy atom. The molecule has 1 amide bonds. The lowest BCUT2D eigenvalue weighted by molar-refractivity contribution is 0.0946. The van der Waals surface area contributed by atoms with Gasteiger partial charge in [-0.25, -0.2) is 4.68 Å². The Kier molecular flexibility index (Phi) is 4.88. The Balaban J connectivity index is 1.71. The molecule has 28 heavy (non-hydrogen) atoms. The average Bonchev–Trinajstić information content (AvgIpc) is 3.19. The first-order valence-corrected chi connectivity index (χ1v) is 8.82. The molecule has 138 valence electrons. The molecule has 3 heterocycles. The zero-order valence-corrected chi connectivity index (χ0v) is 15.3. The van der Waals surface area contributed by atoms with Gasteiger partial charge < -0.3 is 5.32 Å². The summed E-state index contributed by atoms with van der Waals surface area (Å²) in [5, 5.41) is 11.3. The maximum atomic E-state index is 12.8. The second-order valence-electron chi connectivity index (χ2n) is 6.32. The van der Waals surface area contributed by atoms with Crippen LogP contribution in [0, 0.1) is 6.92 Å².